The summed E-state index contributed by atoms with van der Waals surface area (Å²) in [6, 6.07) is 0. The summed E-state index contributed by atoms with van der Waals surface area (Å²) in [5.41, 5.74) is 0. The van der Waals surface area contributed by atoms with E-state index in [2.05, 4.69) is 17.1 Å². The summed E-state index contributed by atoms with van der Waals surface area (Å²) in [6.45, 7) is 8.59. The van der Waals surface area contributed by atoms with Gasteiger partial charge in [0, 0.05) is 32.8 Å². The van der Waals surface area contributed by atoms with Gasteiger partial charge in [0.1, 0.15) is 0 Å². The molecule has 1 atom stereocenters. The van der Waals surface area contributed by atoms with Crippen molar-refractivity contribution >= 4 is 0 Å². The van der Waals surface area contributed by atoms with Gasteiger partial charge in [-0.15, -0.1) is 0 Å². The number of hydrogen-bond acceptors (Lipinski definition) is 3. The van der Waals surface area contributed by atoms with E-state index in [1.807, 2.05) is 0 Å². The summed E-state index contributed by atoms with van der Waals surface area (Å²) in [4.78, 5) is 2.56. The lowest BCUT2D eigenvalue weighted by Crippen LogP contribution is -2.43. The van der Waals surface area contributed by atoms with Crippen LogP contribution in [0.4, 0.5) is 0 Å². The Morgan fingerprint density at radius 3 is 2.56 bits per heavy atom. The van der Waals surface area contributed by atoms with E-state index in [0.29, 0.717) is 6.61 Å². The van der Waals surface area contributed by atoms with E-state index in [4.69, 9.17) is 5.11 Å². The topological polar surface area (TPSA) is 35.5 Å². The lowest BCUT2D eigenvalue weighted by molar-refractivity contribution is 0.226. The second-order valence-corrected chi connectivity index (χ2v) is 4.87. The molecule has 1 fully saturated rings. The third-order valence-corrected chi connectivity index (χ3v) is 3.66. The lowest BCUT2D eigenvalue weighted by Gasteiger charge is -2.27. The van der Waals surface area contributed by atoms with E-state index in [9.17, 15) is 0 Å². The van der Waals surface area contributed by atoms with Gasteiger partial charge in [-0.2, -0.15) is 0 Å². The number of piperazine rings is 1. The van der Waals surface area contributed by atoms with E-state index < -0.39 is 0 Å². The van der Waals surface area contributed by atoms with E-state index in [0.717, 1.165) is 25.4 Å². The van der Waals surface area contributed by atoms with Crippen LogP contribution in [0.25, 0.3) is 0 Å². The molecule has 16 heavy (non-hydrogen) atoms. The van der Waals surface area contributed by atoms with Crippen LogP contribution in [-0.4, -0.2) is 49.3 Å². The first-order valence-corrected chi connectivity index (χ1v) is 6.90. The third-order valence-electron chi connectivity index (χ3n) is 3.66. The summed E-state index contributed by atoms with van der Waals surface area (Å²) in [5.74, 6) is 0.744. The number of nitrogens with one attached hydrogen (secondary N) is 1. The highest BCUT2D eigenvalue weighted by atomic mass is 16.3. The van der Waals surface area contributed by atoms with Crippen molar-refractivity contribution in [2.75, 3.05) is 39.3 Å². The Morgan fingerprint density at radius 1 is 1.19 bits per heavy atom. The molecular formula is C13H28N2O. The predicted octanol–water partition coefficient (Wildman–Crippen LogP) is 1.47. The van der Waals surface area contributed by atoms with Crippen molar-refractivity contribution in [2.24, 2.45) is 5.92 Å². The van der Waals surface area contributed by atoms with Gasteiger partial charge in [0.2, 0.25) is 0 Å². The Hall–Kier alpha value is -0.120. The van der Waals surface area contributed by atoms with Crippen molar-refractivity contribution in [3.05, 3.63) is 0 Å². The van der Waals surface area contributed by atoms with Crippen LogP contribution >= 0.6 is 0 Å². The SMILES string of the molecule is CCC(CCO)CCCCN1CCNCC1. The maximum atomic E-state index is 8.91. The standard InChI is InChI=1S/C13H28N2O/c1-2-13(6-12-16)5-3-4-9-15-10-7-14-8-11-15/h13-14,16H,2-12H2,1H3. The Labute approximate surface area is 100 Å². The molecule has 0 amide bonds. The molecule has 0 saturated carbocycles. The predicted molar refractivity (Wildman–Crippen MR) is 68.6 cm³/mol. The molecule has 0 aromatic rings. The van der Waals surface area contributed by atoms with Crippen molar-refractivity contribution in [3.8, 4) is 0 Å². The molecule has 0 radical (unpaired) electrons. The average molecular weight is 228 g/mol. The van der Waals surface area contributed by atoms with Crippen LogP contribution in [0, 0.1) is 5.92 Å². The number of nitrogens with zero attached hydrogens (tertiary/aromatic N) is 1. The van der Waals surface area contributed by atoms with Crippen LogP contribution in [-0.2, 0) is 0 Å². The maximum absolute atomic E-state index is 8.91. The number of unbranched alkanes of at least 4 members (excludes halogenated alkanes) is 1. The number of rotatable bonds is 8. The molecule has 0 aromatic carbocycles. The summed E-state index contributed by atoms with van der Waals surface area (Å²) in [7, 11) is 0. The van der Waals surface area contributed by atoms with E-state index in [-0.39, 0.29) is 0 Å². The molecule has 0 aliphatic carbocycles. The van der Waals surface area contributed by atoms with Crippen molar-refractivity contribution in [1.29, 1.82) is 0 Å². The Balaban J connectivity index is 1.97. The number of hydrogen-bond donors (Lipinski definition) is 2. The summed E-state index contributed by atoms with van der Waals surface area (Å²) in [5, 5.41) is 12.3. The zero-order valence-electron chi connectivity index (χ0n) is 10.7. The largest absolute Gasteiger partial charge is 0.396 e. The minimum Gasteiger partial charge on any atom is -0.396 e. The van der Waals surface area contributed by atoms with E-state index in [1.165, 1.54) is 45.3 Å². The molecule has 1 rings (SSSR count). The van der Waals surface area contributed by atoms with Crippen LogP contribution < -0.4 is 5.32 Å². The molecule has 3 heteroatoms. The van der Waals surface area contributed by atoms with Gasteiger partial charge in [0.05, 0.1) is 0 Å². The molecule has 1 saturated heterocycles. The average Bonchev–Trinajstić information content (AvgIpc) is 2.34. The number of aliphatic hydroxyl groups excluding tert-OH is 1. The fourth-order valence-corrected chi connectivity index (χ4v) is 2.44. The van der Waals surface area contributed by atoms with Gasteiger partial charge in [-0.25, -0.2) is 0 Å². The first kappa shape index (κ1) is 13.9. The molecule has 1 aliphatic rings. The third kappa shape index (κ3) is 5.83. The quantitative estimate of drug-likeness (QED) is 0.618. The molecule has 0 bridgehead atoms. The van der Waals surface area contributed by atoms with Gasteiger partial charge >= 0.3 is 0 Å². The molecule has 1 heterocycles. The van der Waals surface area contributed by atoms with Gasteiger partial charge in [-0.1, -0.05) is 26.2 Å². The van der Waals surface area contributed by atoms with E-state index in [1.54, 1.807) is 0 Å². The highest BCUT2D eigenvalue weighted by Gasteiger charge is 2.09. The van der Waals surface area contributed by atoms with E-state index >= 15 is 0 Å². The van der Waals surface area contributed by atoms with Crippen LogP contribution in [0.15, 0.2) is 0 Å². The molecule has 96 valence electrons. The molecule has 3 nitrogen and oxygen atoms in total. The summed E-state index contributed by atoms with van der Waals surface area (Å²) in [6.07, 6.45) is 6.14. The van der Waals surface area contributed by atoms with Crippen LogP contribution in [0.3, 0.4) is 0 Å². The summed E-state index contributed by atoms with van der Waals surface area (Å²) < 4.78 is 0. The van der Waals surface area contributed by atoms with Crippen molar-refractivity contribution < 1.29 is 5.11 Å². The smallest absolute Gasteiger partial charge is 0.0433 e. The minimum absolute atomic E-state index is 0.357. The van der Waals surface area contributed by atoms with Crippen LogP contribution in [0.2, 0.25) is 0 Å². The molecule has 2 N–H and O–H groups in total. The fourth-order valence-electron chi connectivity index (χ4n) is 2.44. The molecule has 1 aliphatic heterocycles. The molecule has 1 unspecified atom stereocenters. The van der Waals surface area contributed by atoms with Gasteiger partial charge in [-0.05, 0) is 25.3 Å². The van der Waals surface area contributed by atoms with Gasteiger partial charge in [0.25, 0.3) is 0 Å². The molecule has 0 spiro atoms. The van der Waals surface area contributed by atoms with Crippen molar-refractivity contribution in [2.45, 2.75) is 39.0 Å². The first-order chi connectivity index (χ1) is 7.86. The second kappa shape index (κ2) is 8.97. The Kier molecular flexibility index (Phi) is 7.81. The number of aliphatic hydroxyl groups is 1. The van der Waals surface area contributed by atoms with Gasteiger partial charge in [0.15, 0.2) is 0 Å². The maximum Gasteiger partial charge on any atom is 0.0433 e. The highest BCUT2D eigenvalue weighted by Crippen LogP contribution is 2.16. The molecule has 0 aromatic heterocycles. The van der Waals surface area contributed by atoms with Gasteiger partial charge in [-0.3, -0.25) is 0 Å². The minimum atomic E-state index is 0.357. The highest BCUT2D eigenvalue weighted by molar-refractivity contribution is 4.67. The Morgan fingerprint density at radius 2 is 1.94 bits per heavy atom. The zero-order chi connectivity index (χ0) is 11.6. The Bertz CT molecular complexity index is 151. The monoisotopic (exact) mass is 228 g/mol. The van der Waals surface area contributed by atoms with Crippen LogP contribution in [0.1, 0.15) is 39.0 Å². The van der Waals surface area contributed by atoms with Crippen LogP contribution in [0.5, 0.6) is 0 Å². The summed E-state index contributed by atoms with van der Waals surface area (Å²) >= 11 is 0. The lowest BCUT2D eigenvalue weighted by atomic mass is 9.96. The normalized spacial score (nSPS) is 19.9. The van der Waals surface area contributed by atoms with Crippen molar-refractivity contribution in [1.82, 2.24) is 10.2 Å². The second-order valence-electron chi connectivity index (χ2n) is 4.87. The van der Waals surface area contributed by atoms with Crippen molar-refractivity contribution in [3.63, 3.8) is 0 Å². The zero-order valence-corrected chi connectivity index (χ0v) is 10.7. The fraction of sp³-hybridized carbons (Fsp3) is 1.00. The molecular weight excluding hydrogens is 200 g/mol. The van der Waals surface area contributed by atoms with Gasteiger partial charge < -0.3 is 15.3 Å². The first-order valence-electron chi connectivity index (χ1n) is 6.90.